The van der Waals surface area contributed by atoms with Crippen molar-refractivity contribution < 1.29 is 9.53 Å². The van der Waals surface area contributed by atoms with Crippen LogP contribution in [-0.2, 0) is 0 Å². The summed E-state index contributed by atoms with van der Waals surface area (Å²) in [6.07, 6.45) is 1.09. The Morgan fingerprint density at radius 1 is 1.56 bits per heavy atom. The first kappa shape index (κ1) is 13.4. The molecule has 2 N–H and O–H groups in total. The first-order valence-electron chi connectivity index (χ1n) is 6.29. The van der Waals surface area contributed by atoms with Crippen LogP contribution in [0.15, 0.2) is 11.4 Å². The molecule has 18 heavy (non-hydrogen) atoms. The highest BCUT2D eigenvalue weighted by molar-refractivity contribution is 7.12. The smallest absolute Gasteiger partial charge is 0.265 e. The minimum Gasteiger partial charge on any atom is -0.495 e. The zero-order valence-corrected chi connectivity index (χ0v) is 11.8. The minimum atomic E-state index is -0.0331. The molecule has 1 aromatic heterocycles. The van der Waals surface area contributed by atoms with Gasteiger partial charge in [-0.25, -0.2) is 0 Å². The van der Waals surface area contributed by atoms with Crippen molar-refractivity contribution in [3.8, 4) is 5.75 Å². The van der Waals surface area contributed by atoms with Gasteiger partial charge in [-0.1, -0.05) is 6.92 Å². The summed E-state index contributed by atoms with van der Waals surface area (Å²) in [6.45, 7) is 5.33. The molecular weight excluding hydrogens is 248 g/mol. The molecule has 5 heteroatoms. The summed E-state index contributed by atoms with van der Waals surface area (Å²) < 4.78 is 5.18. The Bertz CT molecular complexity index is 409. The van der Waals surface area contributed by atoms with Gasteiger partial charge in [0.15, 0.2) is 0 Å². The third-order valence-corrected chi connectivity index (χ3v) is 4.47. The Morgan fingerprint density at radius 3 is 3.00 bits per heavy atom. The van der Waals surface area contributed by atoms with Gasteiger partial charge in [0.25, 0.3) is 5.91 Å². The molecule has 100 valence electrons. The fraction of sp³-hybridized carbons (Fsp3) is 0.615. The van der Waals surface area contributed by atoms with E-state index in [1.54, 1.807) is 7.11 Å². The number of carbonyl (C=O) groups excluding carboxylic acids is 1. The number of thiophene rings is 1. The molecule has 1 amide bonds. The van der Waals surface area contributed by atoms with E-state index in [0.29, 0.717) is 22.6 Å². The Hall–Kier alpha value is -1.07. The molecule has 0 saturated carbocycles. The number of rotatable bonds is 3. The van der Waals surface area contributed by atoms with Crippen molar-refractivity contribution in [3.63, 3.8) is 0 Å². The first-order valence-corrected chi connectivity index (χ1v) is 7.17. The lowest BCUT2D eigenvalue weighted by Crippen LogP contribution is -2.55. The molecule has 4 nitrogen and oxygen atoms in total. The van der Waals surface area contributed by atoms with Crippen molar-refractivity contribution in [2.24, 2.45) is 5.92 Å². The fourth-order valence-electron chi connectivity index (χ4n) is 2.45. The lowest BCUT2D eigenvalue weighted by Gasteiger charge is -2.35. The number of nitrogens with one attached hydrogen (secondary N) is 2. The van der Waals surface area contributed by atoms with Gasteiger partial charge in [0.1, 0.15) is 10.6 Å². The Labute approximate surface area is 112 Å². The van der Waals surface area contributed by atoms with E-state index in [-0.39, 0.29) is 11.9 Å². The monoisotopic (exact) mass is 268 g/mol. The van der Waals surface area contributed by atoms with E-state index in [4.69, 9.17) is 4.74 Å². The van der Waals surface area contributed by atoms with E-state index < -0.39 is 0 Å². The van der Waals surface area contributed by atoms with E-state index in [1.165, 1.54) is 11.3 Å². The number of hydrogen-bond acceptors (Lipinski definition) is 4. The van der Waals surface area contributed by atoms with Gasteiger partial charge in [-0.15, -0.1) is 11.3 Å². The molecule has 0 bridgehead atoms. The van der Waals surface area contributed by atoms with Crippen LogP contribution in [0, 0.1) is 5.92 Å². The predicted molar refractivity (Wildman–Crippen MR) is 73.4 cm³/mol. The lowest BCUT2D eigenvalue weighted by atomic mass is 9.89. The van der Waals surface area contributed by atoms with Gasteiger partial charge in [0.2, 0.25) is 0 Å². The van der Waals surface area contributed by atoms with Crippen LogP contribution in [0.5, 0.6) is 5.75 Å². The summed E-state index contributed by atoms with van der Waals surface area (Å²) in [6, 6.07) is 2.31. The Morgan fingerprint density at radius 2 is 2.33 bits per heavy atom. The number of hydrogen-bond donors (Lipinski definition) is 2. The predicted octanol–water partition coefficient (Wildman–Crippen LogP) is 1.87. The summed E-state index contributed by atoms with van der Waals surface area (Å²) >= 11 is 1.42. The van der Waals surface area contributed by atoms with Gasteiger partial charge in [-0.2, -0.15) is 0 Å². The lowest BCUT2D eigenvalue weighted by molar-refractivity contribution is 0.0899. The van der Waals surface area contributed by atoms with Crippen LogP contribution in [-0.4, -0.2) is 31.6 Å². The molecule has 1 fully saturated rings. The van der Waals surface area contributed by atoms with Gasteiger partial charge >= 0.3 is 0 Å². The number of piperidine rings is 1. The largest absolute Gasteiger partial charge is 0.495 e. The Kier molecular flexibility index (Phi) is 4.24. The van der Waals surface area contributed by atoms with E-state index >= 15 is 0 Å². The maximum Gasteiger partial charge on any atom is 0.265 e. The van der Waals surface area contributed by atoms with Crippen molar-refractivity contribution in [1.29, 1.82) is 0 Å². The second-order valence-corrected chi connectivity index (χ2v) is 5.74. The van der Waals surface area contributed by atoms with Crippen LogP contribution >= 0.6 is 11.3 Å². The molecular formula is C13H20N2O2S. The third-order valence-electron chi connectivity index (χ3n) is 3.57. The number of amides is 1. The van der Waals surface area contributed by atoms with Crippen molar-refractivity contribution in [2.45, 2.75) is 32.4 Å². The quantitative estimate of drug-likeness (QED) is 0.880. The molecule has 0 radical (unpaired) electrons. The highest BCUT2D eigenvalue weighted by Gasteiger charge is 2.29. The van der Waals surface area contributed by atoms with Crippen LogP contribution in [0.1, 0.15) is 29.9 Å². The summed E-state index contributed by atoms with van der Waals surface area (Å²) in [5.41, 5.74) is 0. The first-order chi connectivity index (χ1) is 8.63. The van der Waals surface area contributed by atoms with Gasteiger partial charge in [0.05, 0.1) is 7.11 Å². The molecule has 2 heterocycles. The highest BCUT2D eigenvalue weighted by atomic mass is 32.1. The second-order valence-electron chi connectivity index (χ2n) is 4.83. The summed E-state index contributed by atoms with van der Waals surface area (Å²) in [5.74, 6) is 1.12. The molecule has 0 aromatic carbocycles. The summed E-state index contributed by atoms with van der Waals surface area (Å²) in [5, 5.41) is 8.40. The highest BCUT2D eigenvalue weighted by Crippen LogP contribution is 2.25. The maximum atomic E-state index is 12.2. The van der Waals surface area contributed by atoms with Crippen LogP contribution in [0.2, 0.25) is 0 Å². The SMILES string of the molecule is COc1ccsc1C(=O)NC1C(C)CCNC1C. The Balaban J connectivity index is 2.06. The van der Waals surface area contributed by atoms with Crippen molar-refractivity contribution in [3.05, 3.63) is 16.3 Å². The van der Waals surface area contributed by atoms with Gasteiger partial charge < -0.3 is 15.4 Å². The van der Waals surface area contributed by atoms with Gasteiger partial charge in [-0.3, -0.25) is 4.79 Å². The second kappa shape index (κ2) is 5.71. The van der Waals surface area contributed by atoms with Crippen LogP contribution in [0.4, 0.5) is 0 Å². The van der Waals surface area contributed by atoms with Gasteiger partial charge in [0, 0.05) is 12.1 Å². The molecule has 3 unspecified atom stereocenters. The molecule has 0 spiro atoms. The zero-order chi connectivity index (χ0) is 13.1. The van der Waals surface area contributed by atoms with Crippen LogP contribution in [0.25, 0.3) is 0 Å². The van der Waals surface area contributed by atoms with E-state index in [2.05, 4.69) is 24.5 Å². The number of carbonyl (C=O) groups is 1. The molecule has 3 atom stereocenters. The van der Waals surface area contributed by atoms with Crippen molar-refractivity contribution in [1.82, 2.24) is 10.6 Å². The van der Waals surface area contributed by atoms with E-state index in [0.717, 1.165) is 13.0 Å². The fourth-order valence-corrected chi connectivity index (χ4v) is 3.21. The molecule has 1 aromatic rings. The topological polar surface area (TPSA) is 50.4 Å². The molecule has 1 aliphatic heterocycles. The number of ether oxygens (including phenoxy) is 1. The minimum absolute atomic E-state index is 0.0331. The average molecular weight is 268 g/mol. The third kappa shape index (κ3) is 2.67. The zero-order valence-electron chi connectivity index (χ0n) is 11.0. The van der Waals surface area contributed by atoms with Crippen LogP contribution in [0.3, 0.4) is 0 Å². The van der Waals surface area contributed by atoms with E-state index in [9.17, 15) is 4.79 Å². The normalized spacial score (nSPS) is 27.8. The summed E-state index contributed by atoms with van der Waals surface area (Å²) in [7, 11) is 1.59. The van der Waals surface area contributed by atoms with Gasteiger partial charge in [-0.05, 0) is 37.3 Å². The molecule has 0 aliphatic carbocycles. The molecule has 1 saturated heterocycles. The van der Waals surface area contributed by atoms with Crippen molar-refractivity contribution >= 4 is 17.2 Å². The van der Waals surface area contributed by atoms with E-state index in [1.807, 2.05) is 11.4 Å². The summed E-state index contributed by atoms with van der Waals surface area (Å²) in [4.78, 5) is 12.9. The maximum absolute atomic E-state index is 12.2. The average Bonchev–Trinajstić information content (AvgIpc) is 2.82. The van der Waals surface area contributed by atoms with Crippen molar-refractivity contribution in [2.75, 3.05) is 13.7 Å². The number of methoxy groups -OCH3 is 1. The molecule has 1 aliphatic rings. The standard InChI is InChI=1S/C13H20N2O2S/c1-8-4-6-14-9(2)11(8)15-13(16)12-10(17-3)5-7-18-12/h5,7-9,11,14H,4,6H2,1-3H3,(H,15,16). The molecule has 2 rings (SSSR count). The van der Waals surface area contributed by atoms with Crippen LogP contribution < -0.4 is 15.4 Å².